The van der Waals surface area contributed by atoms with Gasteiger partial charge in [-0.05, 0) is 25.7 Å². The maximum Gasteiger partial charge on any atom is 0.277 e. The lowest BCUT2D eigenvalue weighted by Crippen LogP contribution is -2.77. The zero-order valence-corrected chi connectivity index (χ0v) is 18.2. The van der Waals surface area contributed by atoms with E-state index in [1.807, 2.05) is 0 Å². The Balaban J connectivity index is 1.54. The number of carbonyl (C=O) groups excluding carboxylic acids is 1. The predicted octanol–water partition coefficient (Wildman–Crippen LogP) is -0.169. The zero-order chi connectivity index (χ0) is 21.4. The third-order valence-electron chi connectivity index (χ3n) is 5.97. The van der Waals surface area contributed by atoms with Gasteiger partial charge in [-0.2, -0.15) is 0 Å². The van der Waals surface area contributed by atoms with Gasteiger partial charge in [0.25, 0.3) is 5.91 Å². The molecule has 11 nitrogen and oxygen atoms in total. The van der Waals surface area contributed by atoms with Crippen LogP contribution >= 0.6 is 0 Å². The van der Waals surface area contributed by atoms with Crippen molar-refractivity contribution in [2.75, 3.05) is 37.0 Å². The molecule has 0 aromatic carbocycles. The lowest BCUT2D eigenvalue weighted by molar-refractivity contribution is 0.0796. The Morgan fingerprint density at radius 2 is 1.73 bits per heavy atom. The van der Waals surface area contributed by atoms with Crippen molar-refractivity contribution in [2.24, 2.45) is 0 Å². The number of anilines is 2. The molecule has 1 saturated carbocycles. The minimum absolute atomic E-state index is 0.0239. The molecule has 12 heteroatoms. The average molecular weight is 439 g/mol. The summed E-state index contributed by atoms with van der Waals surface area (Å²) in [6.45, 7) is 0.901. The summed E-state index contributed by atoms with van der Waals surface area (Å²) in [5.41, 5.74) is 0.236. The van der Waals surface area contributed by atoms with Crippen LogP contribution in [0.4, 0.5) is 11.6 Å². The zero-order valence-electron chi connectivity index (χ0n) is 17.4. The summed E-state index contributed by atoms with van der Waals surface area (Å²) in [5.74, 6) is -0.459. The van der Waals surface area contributed by atoms with E-state index < -0.39 is 15.9 Å². The van der Waals surface area contributed by atoms with Crippen LogP contribution in [0.2, 0.25) is 0 Å². The van der Waals surface area contributed by atoms with E-state index >= 15 is 0 Å². The molecule has 3 heterocycles. The van der Waals surface area contributed by atoms with Crippen molar-refractivity contribution in [3.63, 3.8) is 0 Å². The Kier molecular flexibility index (Phi) is 5.84. The lowest BCUT2D eigenvalue weighted by Gasteiger charge is -2.45. The third-order valence-corrected chi connectivity index (χ3v) is 7.27. The smallest absolute Gasteiger partial charge is 0.277 e. The largest absolute Gasteiger partial charge is 0.372 e. The van der Waals surface area contributed by atoms with E-state index in [1.165, 1.54) is 10.6 Å². The van der Waals surface area contributed by atoms with Crippen molar-refractivity contribution in [3.05, 3.63) is 11.9 Å². The molecule has 1 aliphatic carbocycles. The molecule has 0 radical (unpaired) electrons. The average Bonchev–Trinajstić information content (AvgIpc) is 3.20. The number of aromatic nitrogens is 2. The first kappa shape index (κ1) is 21.2. The molecule has 1 unspecified atom stereocenters. The van der Waals surface area contributed by atoms with Crippen molar-refractivity contribution in [1.29, 1.82) is 0 Å². The van der Waals surface area contributed by atoms with E-state index in [0.29, 0.717) is 37.6 Å². The monoisotopic (exact) mass is 438 g/mol. The topological polar surface area (TPSA) is 140 Å². The van der Waals surface area contributed by atoms with Gasteiger partial charge < -0.3 is 16.0 Å². The molecular weight excluding hydrogens is 408 g/mol. The summed E-state index contributed by atoms with van der Waals surface area (Å²) in [5, 5.41) is 16.3. The minimum Gasteiger partial charge on any atom is -0.372 e. The number of amides is 1. The molecule has 2 fully saturated rings. The second kappa shape index (κ2) is 8.25. The minimum atomic E-state index is -3.19. The fraction of sp³-hybridized carbons (Fsp3) is 0.722. The second-order valence-electron chi connectivity index (χ2n) is 8.24. The van der Waals surface area contributed by atoms with Gasteiger partial charge in [-0.3, -0.25) is 15.4 Å². The van der Waals surface area contributed by atoms with Crippen molar-refractivity contribution in [1.82, 2.24) is 30.2 Å². The molecule has 30 heavy (non-hydrogen) atoms. The fourth-order valence-corrected chi connectivity index (χ4v) is 5.27. The van der Waals surface area contributed by atoms with E-state index in [2.05, 4.69) is 36.6 Å². The van der Waals surface area contributed by atoms with Gasteiger partial charge in [-0.25, -0.2) is 22.7 Å². The first-order valence-corrected chi connectivity index (χ1v) is 12.3. The molecule has 0 bridgehead atoms. The number of nitrogens with one attached hydrogen (secondary N) is 5. The number of rotatable bonds is 6. The molecule has 1 aromatic rings. The molecule has 1 amide bonds. The van der Waals surface area contributed by atoms with E-state index in [9.17, 15) is 13.2 Å². The molecule has 3 aliphatic rings. The number of sulfonamides is 1. The SMILES string of the molecule is CNc1cnc2c(n1)C(=O)NC(NC1CCCC1)(NC1CCN(S(C)(=O)=O)CC1)N2. The number of hydrogen-bond acceptors (Lipinski definition) is 9. The molecule has 0 spiro atoms. The highest BCUT2D eigenvalue weighted by Crippen LogP contribution is 2.25. The van der Waals surface area contributed by atoms with Gasteiger partial charge in [0.2, 0.25) is 15.9 Å². The van der Waals surface area contributed by atoms with Gasteiger partial charge in [0, 0.05) is 32.2 Å². The van der Waals surface area contributed by atoms with Crippen molar-refractivity contribution in [2.45, 2.75) is 56.5 Å². The highest BCUT2D eigenvalue weighted by Gasteiger charge is 2.43. The van der Waals surface area contributed by atoms with Crippen LogP contribution in [0.5, 0.6) is 0 Å². The van der Waals surface area contributed by atoms with E-state index in [0.717, 1.165) is 25.7 Å². The predicted molar refractivity (Wildman–Crippen MR) is 113 cm³/mol. The molecule has 166 valence electrons. The summed E-state index contributed by atoms with van der Waals surface area (Å²) in [4.78, 5) is 21.6. The van der Waals surface area contributed by atoms with E-state index in [1.54, 1.807) is 13.2 Å². The van der Waals surface area contributed by atoms with Gasteiger partial charge in [0.05, 0.1) is 12.5 Å². The maximum atomic E-state index is 12.9. The fourth-order valence-electron chi connectivity index (χ4n) is 4.40. The van der Waals surface area contributed by atoms with Crippen LogP contribution in [0, 0.1) is 0 Å². The molecule has 2 aliphatic heterocycles. The Morgan fingerprint density at radius 1 is 1.10 bits per heavy atom. The number of nitrogens with zero attached hydrogens (tertiary/aromatic N) is 3. The van der Waals surface area contributed by atoms with Crippen molar-refractivity contribution < 1.29 is 13.2 Å². The number of carbonyl (C=O) groups is 1. The van der Waals surface area contributed by atoms with Gasteiger partial charge in [0.1, 0.15) is 5.82 Å². The van der Waals surface area contributed by atoms with Crippen LogP contribution in [0.3, 0.4) is 0 Å². The van der Waals surface area contributed by atoms with Crippen molar-refractivity contribution >= 4 is 27.6 Å². The molecule has 1 saturated heterocycles. The normalized spacial score (nSPS) is 26.1. The Bertz CT molecular complexity index is 897. The van der Waals surface area contributed by atoms with Crippen LogP contribution in [0.25, 0.3) is 0 Å². The second-order valence-corrected chi connectivity index (χ2v) is 10.2. The van der Waals surface area contributed by atoms with Crippen LogP contribution in [0.1, 0.15) is 49.0 Å². The molecular formula is C18H30N8O3S. The Morgan fingerprint density at radius 3 is 2.33 bits per heavy atom. The lowest BCUT2D eigenvalue weighted by atomic mass is 10.1. The Hall–Kier alpha value is -2.02. The number of piperidine rings is 1. The first-order valence-electron chi connectivity index (χ1n) is 10.4. The molecule has 4 rings (SSSR count). The number of fused-ring (bicyclic) bond motifs is 1. The van der Waals surface area contributed by atoms with E-state index in [4.69, 9.17) is 0 Å². The molecule has 1 atom stereocenters. The summed E-state index contributed by atoms with van der Waals surface area (Å²) in [6, 6.07) is 0.281. The van der Waals surface area contributed by atoms with Gasteiger partial charge in [0.15, 0.2) is 11.5 Å². The summed E-state index contributed by atoms with van der Waals surface area (Å²) in [7, 11) is -1.47. The summed E-state index contributed by atoms with van der Waals surface area (Å²) < 4.78 is 25.1. The number of hydrogen-bond donors (Lipinski definition) is 5. The maximum absolute atomic E-state index is 12.9. The van der Waals surface area contributed by atoms with E-state index in [-0.39, 0.29) is 23.7 Å². The third kappa shape index (κ3) is 4.51. The van der Waals surface area contributed by atoms with Gasteiger partial charge in [-0.1, -0.05) is 12.8 Å². The Labute approximate surface area is 176 Å². The van der Waals surface area contributed by atoms with Gasteiger partial charge >= 0.3 is 0 Å². The van der Waals surface area contributed by atoms with Gasteiger partial charge in [-0.15, -0.1) is 0 Å². The quantitative estimate of drug-likeness (QED) is 0.383. The highest BCUT2D eigenvalue weighted by atomic mass is 32.2. The summed E-state index contributed by atoms with van der Waals surface area (Å²) >= 11 is 0. The van der Waals surface area contributed by atoms with Crippen LogP contribution in [-0.2, 0) is 10.0 Å². The molecule has 5 N–H and O–H groups in total. The summed E-state index contributed by atoms with van der Waals surface area (Å²) in [6.07, 6.45) is 8.48. The van der Waals surface area contributed by atoms with Crippen LogP contribution in [-0.4, -0.2) is 73.0 Å². The standard InChI is InChI=1S/C18H30N8O3S/c1-19-14-11-20-16-15(21-14)17(27)25-18(24-16,22-12-5-3-4-6-12)23-13-7-9-26(10-8-13)30(2,28)29/h11-13,22-23H,3-10H2,1-2H3,(H,19,21)(H,20,24)(H,25,27). The molecule has 1 aromatic heterocycles. The van der Waals surface area contributed by atoms with Crippen molar-refractivity contribution in [3.8, 4) is 0 Å². The van der Waals surface area contributed by atoms with Crippen LogP contribution in [0.15, 0.2) is 6.20 Å². The van der Waals surface area contributed by atoms with Crippen LogP contribution < -0.4 is 26.6 Å². The highest BCUT2D eigenvalue weighted by molar-refractivity contribution is 7.88. The first-order chi connectivity index (χ1) is 14.3.